The van der Waals surface area contributed by atoms with Crippen molar-refractivity contribution in [1.29, 1.82) is 0 Å². The van der Waals surface area contributed by atoms with Gasteiger partial charge in [0.05, 0.1) is 0 Å². The van der Waals surface area contributed by atoms with E-state index in [9.17, 15) is 9.90 Å². The Kier molecular flexibility index (Phi) is 2.90. The molecule has 1 aliphatic carbocycles. The van der Waals surface area contributed by atoms with E-state index in [1.54, 1.807) is 12.1 Å². The average Bonchev–Trinajstić information content (AvgIpc) is 2.24. The number of aromatic hydroxyl groups is 1. The van der Waals surface area contributed by atoms with Gasteiger partial charge in [0, 0.05) is 25.3 Å². The molecule has 0 aromatic heterocycles. The van der Waals surface area contributed by atoms with Gasteiger partial charge in [-0.25, -0.2) is 4.79 Å². The lowest BCUT2D eigenvalue weighted by atomic mass is 9.72. The molecule has 4 nitrogen and oxygen atoms in total. The molecule has 0 unspecified atom stereocenters. The third-order valence-corrected chi connectivity index (χ3v) is 3.44. The average molecular weight is 232 g/mol. The molecule has 1 aliphatic rings. The number of phenolic OH excluding ortho intramolecular Hbond substituents is 1. The maximum atomic E-state index is 10.5. The highest BCUT2D eigenvalue weighted by molar-refractivity contribution is 5.55. The molecule has 0 heterocycles. The van der Waals surface area contributed by atoms with Crippen LogP contribution in [0.4, 0.5) is 5.69 Å². The van der Waals surface area contributed by atoms with Crippen molar-refractivity contribution >= 4 is 11.8 Å². The predicted octanol–water partition coefficient (Wildman–Crippen LogP) is 2.17. The molecular formula is C13H16N2O2. The SMILES string of the molecule is CN(C)c1ccc(O)c(C2(N=C=O)CCC2)c1. The fourth-order valence-electron chi connectivity index (χ4n) is 2.22. The summed E-state index contributed by atoms with van der Waals surface area (Å²) in [5, 5.41) is 9.94. The number of rotatable bonds is 3. The molecule has 1 aromatic carbocycles. The second kappa shape index (κ2) is 4.22. The number of isocyanates is 1. The van der Waals surface area contributed by atoms with Gasteiger partial charge in [-0.05, 0) is 37.5 Å². The zero-order valence-electron chi connectivity index (χ0n) is 10.1. The first-order valence-electron chi connectivity index (χ1n) is 5.69. The minimum absolute atomic E-state index is 0.203. The Bertz CT molecular complexity index is 472. The lowest BCUT2D eigenvalue weighted by Gasteiger charge is -2.37. The van der Waals surface area contributed by atoms with Crippen LogP contribution in [0, 0.1) is 0 Å². The van der Waals surface area contributed by atoms with Crippen LogP contribution in [0.15, 0.2) is 23.2 Å². The summed E-state index contributed by atoms with van der Waals surface area (Å²) in [6, 6.07) is 5.40. The molecule has 4 heteroatoms. The van der Waals surface area contributed by atoms with E-state index in [4.69, 9.17) is 0 Å². The number of carbonyl (C=O) groups excluding carboxylic acids is 1. The molecule has 0 spiro atoms. The molecule has 0 atom stereocenters. The molecule has 1 fully saturated rings. The quantitative estimate of drug-likeness (QED) is 0.642. The number of phenols is 1. The van der Waals surface area contributed by atoms with E-state index in [0.29, 0.717) is 0 Å². The molecule has 90 valence electrons. The minimum Gasteiger partial charge on any atom is -0.508 e. The van der Waals surface area contributed by atoms with E-state index in [2.05, 4.69) is 4.99 Å². The zero-order chi connectivity index (χ0) is 12.5. The van der Waals surface area contributed by atoms with Crippen molar-refractivity contribution in [3.05, 3.63) is 23.8 Å². The molecule has 17 heavy (non-hydrogen) atoms. The first-order valence-corrected chi connectivity index (χ1v) is 5.69. The molecule has 0 radical (unpaired) electrons. The summed E-state index contributed by atoms with van der Waals surface area (Å²) in [5.74, 6) is 0.203. The van der Waals surface area contributed by atoms with Gasteiger partial charge in [-0.15, -0.1) is 0 Å². The summed E-state index contributed by atoms with van der Waals surface area (Å²) in [7, 11) is 3.87. The summed E-state index contributed by atoms with van der Waals surface area (Å²) in [5.41, 5.74) is 1.18. The summed E-state index contributed by atoms with van der Waals surface area (Å²) in [4.78, 5) is 16.4. The molecule has 2 rings (SSSR count). The first-order chi connectivity index (χ1) is 8.09. The second-order valence-electron chi connectivity index (χ2n) is 4.68. The Morgan fingerprint density at radius 3 is 2.59 bits per heavy atom. The molecule has 0 saturated heterocycles. The van der Waals surface area contributed by atoms with Crippen LogP contribution in [0.1, 0.15) is 24.8 Å². The van der Waals surface area contributed by atoms with Gasteiger partial charge in [0.25, 0.3) is 0 Å². The van der Waals surface area contributed by atoms with E-state index in [1.165, 1.54) is 0 Å². The van der Waals surface area contributed by atoms with Gasteiger partial charge in [-0.3, -0.25) is 0 Å². The highest BCUT2D eigenvalue weighted by Gasteiger charge is 2.41. The van der Waals surface area contributed by atoms with Gasteiger partial charge < -0.3 is 10.0 Å². The summed E-state index contributed by atoms with van der Waals surface area (Å²) < 4.78 is 0. The Morgan fingerprint density at radius 2 is 2.12 bits per heavy atom. The van der Waals surface area contributed by atoms with E-state index >= 15 is 0 Å². The maximum absolute atomic E-state index is 10.5. The van der Waals surface area contributed by atoms with Gasteiger partial charge >= 0.3 is 0 Å². The van der Waals surface area contributed by atoms with Gasteiger partial charge in [0.15, 0.2) is 0 Å². The Labute approximate surface area is 101 Å². The van der Waals surface area contributed by atoms with Crippen LogP contribution in [0.2, 0.25) is 0 Å². The van der Waals surface area contributed by atoms with Crippen LogP contribution in [0.3, 0.4) is 0 Å². The molecule has 1 N–H and O–H groups in total. The second-order valence-corrected chi connectivity index (χ2v) is 4.68. The van der Waals surface area contributed by atoms with E-state index in [-0.39, 0.29) is 5.75 Å². The predicted molar refractivity (Wildman–Crippen MR) is 66.1 cm³/mol. The van der Waals surface area contributed by atoms with Crippen molar-refractivity contribution in [1.82, 2.24) is 0 Å². The fourth-order valence-corrected chi connectivity index (χ4v) is 2.22. The zero-order valence-corrected chi connectivity index (χ0v) is 10.1. The van der Waals surface area contributed by atoms with Crippen molar-refractivity contribution in [2.75, 3.05) is 19.0 Å². The number of aliphatic imine (C=N–C) groups is 1. The summed E-state index contributed by atoms with van der Waals surface area (Å²) in [6.45, 7) is 0. The lowest BCUT2D eigenvalue weighted by Crippen LogP contribution is -2.32. The molecule has 0 aliphatic heterocycles. The van der Waals surface area contributed by atoms with Crippen molar-refractivity contribution < 1.29 is 9.90 Å². The minimum atomic E-state index is -0.544. The van der Waals surface area contributed by atoms with Gasteiger partial charge in [-0.2, -0.15) is 4.99 Å². The number of hydrogen-bond acceptors (Lipinski definition) is 4. The number of hydrogen-bond donors (Lipinski definition) is 1. The fraction of sp³-hybridized carbons (Fsp3) is 0.462. The summed E-state index contributed by atoms with van der Waals surface area (Å²) in [6.07, 6.45) is 4.26. The van der Waals surface area contributed by atoms with Crippen molar-refractivity contribution in [3.63, 3.8) is 0 Å². The van der Waals surface area contributed by atoms with Gasteiger partial charge in [0.1, 0.15) is 11.3 Å². The molecule has 0 amide bonds. The van der Waals surface area contributed by atoms with Crippen molar-refractivity contribution in [2.24, 2.45) is 4.99 Å². The van der Waals surface area contributed by atoms with Crippen LogP contribution in [-0.2, 0) is 10.3 Å². The lowest BCUT2D eigenvalue weighted by molar-refractivity contribution is 0.248. The molecule has 1 saturated carbocycles. The van der Waals surface area contributed by atoms with Crippen LogP contribution in [0.5, 0.6) is 5.75 Å². The molecule has 0 bridgehead atoms. The topological polar surface area (TPSA) is 52.9 Å². The van der Waals surface area contributed by atoms with Gasteiger partial charge in [0.2, 0.25) is 6.08 Å². The third-order valence-electron chi connectivity index (χ3n) is 3.44. The monoisotopic (exact) mass is 232 g/mol. The summed E-state index contributed by atoms with van der Waals surface area (Å²) >= 11 is 0. The third kappa shape index (κ3) is 1.92. The maximum Gasteiger partial charge on any atom is 0.235 e. The Hall–Kier alpha value is -1.80. The van der Waals surface area contributed by atoms with Crippen LogP contribution in [0.25, 0.3) is 0 Å². The smallest absolute Gasteiger partial charge is 0.235 e. The van der Waals surface area contributed by atoms with E-state index in [1.807, 2.05) is 31.1 Å². The van der Waals surface area contributed by atoms with Crippen LogP contribution in [-0.4, -0.2) is 25.3 Å². The number of benzene rings is 1. The van der Waals surface area contributed by atoms with Crippen LogP contribution >= 0.6 is 0 Å². The van der Waals surface area contributed by atoms with E-state index < -0.39 is 5.54 Å². The first kappa shape index (κ1) is 11.7. The number of nitrogens with zero attached hydrogens (tertiary/aromatic N) is 2. The normalized spacial score (nSPS) is 16.8. The van der Waals surface area contributed by atoms with Crippen LogP contribution < -0.4 is 4.90 Å². The highest BCUT2D eigenvalue weighted by atomic mass is 16.3. The molecule has 1 aromatic rings. The largest absolute Gasteiger partial charge is 0.508 e. The Balaban J connectivity index is 2.49. The highest BCUT2D eigenvalue weighted by Crippen LogP contribution is 2.48. The van der Waals surface area contributed by atoms with Crippen molar-refractivity contribution in [3.8, 4) is 5.75 Å². The standard InChI is InChI=1S/C13H16N2O2/c1-15(2)10-4-5-12(17)11(8-10)13(14-9-16)6-3-7-13/h4-5,8,17H,3,6-7H2,1-2H3. The van der Waals surface area contributed by atoms with Crippen molar-refractivity contribution in [2.45, 2.75) is 24.8 Å². The number of anilines is 1. The van der Waals surface area contributed by atoms with E-state index in [0.717, 1.165) is 30.5 Å². The van der Waals surface area contributed by atoms with Gasteiger partial charge in [-0.1, -0.05) is 0 Å². The Morgan fingerprint density at radius 1 is 1.41 bits per heavy atom. The molecular weight excluding hydrogens is 216 g/mol.